The summed E-state index contributed by atoms with van der Waals surface area (Å²) in [5, 5.41) is 5.73. The average molecular weight is 370 g/mol. The van der Waals surface area contributed by atoms with Crippen LogP contribution >= 0.6 is 0 Å². The van der Waals surface area contributed by atoms with Crippen molar-refractivity contribution in [3.05, 3.63) is 59.2 Å². The Morgan fingerprint density at radius 1 is 0.852 bits per heavy atom. The van der Waals surface area contributed by atoms with Gasteiger partial charge in [0.2, 0.25) is 0 Å². The molecule has 0 bridgehead atoms. The molecular formula is C21H26N2O4. The first-order valence-electron chi connectivity index (χ1n) is 8.66. The molecule has 0 saturated heterocycles. The first-order valence-corrected chi connectivity index (χ1v) is 8.66. The SMILES string of the molecule is COc1c(C(=O)NCc2ccccc2)ccc(C(=O)NC(C)(C)C)c1OC. The second kappa shape index (κ2) is 8.58. The van der Waals surface area contributed by atoms with Gasteiger partial charge < -0.3 is 20.1 Å². The van der Waals surface area contributed by atoms with Gasteiger partial charge in [-0.1, -0.05) is 30.3 Å². The van der Waals surface area contributed by atoms with E-state index in [0.717, 1.165) is 5.56 Å². The lowest BCUT2D eigenvalue weighted by molar-refractivity contribution is 0.0909. The lowest BCUT2D eigenvalue weighted by atomic mass is 10.0. The number of methoxy groups -OCH3 is 2. The van der Waals surface area contributed by atoms with Crippen molar-refractivity contribution < 1.29 is 19.1 Å². The number of carbonyl (C=O) groups is 2. The number of hydrogen-bond donors (Lipinski definition) is 2. The molecule has 0 aromatic heterocycles. The second-order valence-corrected chi connectivity index (χ2v) is 7.10. The van der Waals surface area contributed by atoms with E-state index in [-0.39, 0.29) is 23.3 Å². The molecule has 144 valence electrons. The third-order valence-corrected chi connectivity index (χ3v) is 3.79. The van der Waals surface area contributed by atoms with E-state index >= 15 is 0 Å². The summed E-state index contributed by atoms with van der Waals surface area (Å²) in [6.45, 7) is 6.05. The first kappa shape index (κ1) is 20.3. The first-order chi connectivity index (χ1) is 12.8. The Morgan fingerprint density at radius 2 is 1.37 bits per heavy atom. The van der Waals surface area contributed by atoms with Crippen molar-refractivity contribution in [1.82, 2.24) is 10.6 Å². The van der Waals surface area contributed by atoms with Gasteiger partial charge in [-0.05, 0) is 38.5 Å². The second-order valence-electron chi connectivity index (χ2n) is 7.10. The van der Waals surface area contributed by atoms with E-state index in [1.807, 2.05) is 51.1 Å². The van der Waals surface area contributed by atoms with Crippen molar-refractivity contribution in [1.29, 1.82) is 0 Å². The number of ether oxygens (including phenoxy) is 2. The standard InChI is InChI=1S/C21H26N2O4/c1-21(2,3)23-20(25)16-12-11-15(17(26-4)18(16)27-5)19(24)22-13-14-9-7-6-8-10-14/h6-12H,13H2,1-5H3,(H,22,24)(H,23,25). The van der Waals surface area contributed by atoms with E-state index in [2.05, 4.69) is 10.6 Å². The van der Waals surface area contributed by atoms with E-state index < -0.39 is 5.54 Å². The van der Waals surface area contributed by atoms with Crippen LogP contribution in [0, 0.1) is 0 Å². The third kappa shape index (κ3) is 5.23. The molecule has 6 heteroatoms. The Hall–Kier alpha value is -3.02. The topological polar surface area (TPSA) is 76.7 Å². The van der Waals surface area contributed by atoms with Crippen LogP contribution in [0.3, 0.4) is 0 Å². The smallest absolute Gasteiger partial charge is 0.255 e. The molecule has 0 atom stereocenters. The van der Waals surface area contributed by atoms with Crippen LogP contribution in [0.2, 0.25) is 0 Å². The molecule has 0 radical (unpaired) electrons. The number of amides is 2. The molecule has 0 spiro atoms. The van der Waals surface area contributed by atoms with E-state index in [1.54, 1.807) is 12.1 Å². The monoisotopic (exact) mass is 370 g/mol. The van der Waals surface area contributed by atoms with Gasteiger partial charge in [0.15, 0.2) is 11.5 Å². The highest BCUT2D eigenvalue weighted by Crippen LogP contribution is 2.35. The van der Waals surface area contributed by atoms with Crippen LogP contribution in [0.5, 0.6) is 11.5 Å². The zero-order valence-electron chi connectivity index (χ0n) is 16.4. The zero-order chi connectivity index (χ0) is 20.0. The Kier molecular flexibility index (Phi) is 6.45. The number of carbonyl (C=O) groups excluding carboxylic acids is 2. The van der Waals surface area contributed by atoms with Crippen LogP contribution in [0.1, 0.15) is 47.1 Å². The van der Waals surface area contributed by atoms with Gasteiger partial charge in [-0.25, -0.2) is 0 Å². The van der Waals surface area contributed by atoms with Crippen LogP contribution in [0.4, 0.5) is 0 Å². The molecular weight excluding hydrogens is 344 g/mol. The zero-order valence-corrected chi connectivity index (χ0v) is 16.4. The maximum absolute atomic E-state index is 12.6. The molecule has 2 N–H and O–H groups in total. The van der Waals surface area contributed by atoms with E-state index in [9.17, 15) is 9.59 Å². The van der Waals surface area contributed by atoms with Crippen molar-refractivity contribution in [3.8, 4) is 11.5 Å². The van der Waals surface area contributed by atoms with Crippen LogP contribution in [0.25, 0.3) is 0 Å². The van der Waals surface area contributed by atoms with Gasteiger partial charge in [0.1, 0.15) is 0 Å². The molecule has 0 aliphatic carbocycles. The minimum absolute atomic E-state index is 0.227. The maximum atomic E-state index is 12.6. The summed E-state index contributed by atoms with van der Waals surface area (Å²) < 4.78 is 10.8. The summed E-state index contributed by atoms with van der Waals surface area (Å²) in [5.74, 6) is -0.151. The quantitative estimate of drug-likeness (QED) is 0.819. The Bertz CT molecular complexity index is 811. The number of hydrogen-bond acceptors (Lipinski definition) is 4. The summed E-state index contributed by atoms with van der Waals surface area (Å²) in [5.41, 5.74) is 1.19. The molecule has 6 nitrogen and oxygen atoms in total. The molecule has 0 saturated carbocycles. The van der Waals surface area contributed by atoms with Gasteiger partial charge in [-0.15, -0.1) is 0 Å². The van der Waals surface area contributed by atoms with E-state index in [1.165, 1.54) is 14.2 Å². The fourth-order valence-electron chi connectivity index (χ4n) is 2.61. The molecule has 0 aliphatic rings. The van der Waals surface area contributed by atoms with Gasteiger partial charge in [0.05, 0.1) is 25.3 Å². The maximum Gasteiger partial charge on any atom is 0.255 e. The largest absolute Gasteiger partial charge is 0.492 e. The van der Waals surface area contributed by atoms with Crippen LogP contribution in [0.15, 0.2) is 42.5 Å². The molecule has 0 fully saturated rings. The molecule has 0 aliphatic heterocycles. The van der Waals surface area contributed by atoms with Gasteiger partial charge in [0.25, 0.3) is 11.8 Å². The summed E-state index contributed by atoms with van der Waals surface area (Å²) in [7, 11) is 2.88. The van der Waals surface area contributed by atoms with Crippen molar-refractivity contribution in [2.45, 2.75) is 32.9 Å². The van der Waals surface area contributed by atoms with Crippen molar-refractivity contribution in [3.63, 3.8) is 0 Å². The highest BCUT2D eigenvalue weighted by atomic mass is 16.5. The fourth-order valence-corrected chi connectivity index (χ4v) is 2.61. The van der Waals surface area contributed by atoms with E-state index in [4.69, 9.17) is 9.47 Å². The molecule has 2 aromatic carbocycles. The summed E-state index contributed by atoms with van der Waals surface area (Å²) >= 11 is 0. The Balaban J connectivity index is 2.29. The van der Waals surface area contributed by atoms with Crippen LogP contribution in [-0.4, -0.2) is 31.6 Å². The summed E-state index contributed by atoms with van der Waals surface area (Å²) in [4.78, 5) is 25.2. The number of benzene rings is 2. The van der Waals surface area contributed by atoms with Gasteiger partial charge >= 0.3 is 0 Å². The normalized spacial score (nSPS) is 10.9. The Morgan fingerprint density at radius 3 is 1.85 bits per heavy atom. The molecule has 2 aromatic rings. The summed E-state index contributed by atoms with van der Waals surface area (Å²) in [6, 6.07) is 12.7. The highest BCUT2D eigenvalue weighted by Gasteiger charge is 2.25. The minimum atomic E-state index is -0.402. The van der Waals surface area contributed by atoms with Crippen LogP contribution < -0.4 is 20.1 Å². The molecule has 0 unspecified atom stereocenters. The van der Waals surface area contributed by atoms with Gasteiger partial charge in [-0.3, -0.25) is 9.59 Å². The summed E-state index contributed by atoms with van der Waals surface area (Å²) in [6.07, 6.45) is 0. The van der Waals surface area contributed by atoms with Crippen molar-refractivity contribution in [2.75, 3.05) is 14.2 Å². The number of nitrogens with one attached hydrogen (secondary N) is 2. The molecule has 27 heavy (non-hydrogen) atoms. The molecule has 2 amide bonds. The van der Waals surface area contributed by atoms with Crippen LogP contribution in [-0.2, 0) is 6.54 Å². The van der Waals surface area contributed by atoms with E-state index in [0.29, 0.717) is 17.7 Å². The lowest BCUT2D eigenvalue weighted by Gasteiger charge is -2.22. The predicted molar refractivity (Wildman–Crippen MR) is 104 cm³/mol. The number of rotatable bonds is 6. The average Bonchev–Trinajstić information content (AvgIpc) is 2.64. The Labute approximate surface area is 159 Å². The molecule has 2 rings (SSSR count). The van der Waals surface area contributed by atoms with Gasteiger partial charge in [-0.2, -0.15) is 0 Å². The fraction of sp³-hybridized carbons (Fsp3) is 0.333. The third-order valence-electron chi connectivity index (χ3n) is 3.79. The minimum Gasteiger partial charge on any atom is -0.492 e. The van der Waals surface area contributed by atoms with Crippen molar-refractivity contribution in [2.24, 2.45) is 0 Å². The van der Waals surface area contributed by atoms with Gasteiger partial charge in [0, 0.05) is 12.1 Å². The van der Waals surface area contributed by atoms with Crippen molar-refractivity contribution >= 4 is 11.8 Å². The lowest BCUT2D eigenvalue weighted by Crippen LogP contribution is -2.40. The highest BCUT2D eigenvalue weighted by molar-refractivity contribution is 6.03. The molecule has 0 heterocycles. The predicted octanol–water partition coefficient (Wildman–Crippen LogP) is 3.16.